The van der Waals surface area contributed by atoms with E-state index in [0.717, 1.165) is 22.8 Å². The zero-order valence-electron chi connectivity index (χ0n) is 12.3. The highest BCUT2D eigenvalue weighted by molar-refractivity contribution is 5.63. The summed E-state index contributed by atoms with van der Waals surface area (Å²) >= 11 is 0. The van der Waals surface area contributed by atoms with E-state index >= 15 is 0 Å². The van der Waals surface area contributed by atoms with Gasteiger partial charge >= 0.3 is 0 Å². The number of hydrogen-bond donors (Lipinski definition) is 1. The maximum Gasteiger partial charge on any atom is 0.130 e. The summed E-state index contributed by atoms with van der Waals surface area (Å²) in [5.41, 5.74) is 7.47. The van der Waals surface area contributed by atoms with Crippen molar-refractivity contribution in [3.63, 3.8) is 0 Å². The van der Waals surface area contributed by atoms with Crippen LogP contribution in [-0.2, 0) is 0 Å². The third-order valence-corrected chi connectivity index (χ3v) is 3.02. The highest BCUT2D eigenvalue weighted by Crippen LogP contribution is 2.23. The number of benzene rings is 1. The maximum atomic E-state index is 5.84. The van der Waals surface area contributed by atoms with Crippen molar-refractivity contribution in [2.45, 2.75) is 13.8 Å². The van der Waals surface area contributed by atoms with E-state index in [9.17, 15) is 0 Å². The van der Waals surface area contributed by atoms with Crippen LogP contribution in [0, 0.1) is 25.2 Å². The van der Waals surface area contributed by atoms with Crippen molar-refractivity contribution in [3.8, 4) is 18.1 Å². The van der Waals surface area contributed by atoms with Gasteiger partial charge in [-0.15, -0.1) is 6.42 Å². The lowest BCUT2D eigenvalue weighted by Gasteiger charge is -2.18. The molecule has 1 aliphatic rings. The van der Waals surface area contributed by atoms with Crippen LogP contribution in [-0.4, -0.2) is 17.8 Å². The molecular weight excluding hydrogens is 262 g/mol. The Morgan fingerprint density at radius 1 is 1.52 bits per heavy atom. The molecule has 21 heavy (non-hydrogen) atoms. The molecule has 0 aliphatic carbocycles. The molecule has 0 amide bonds. The number of hydrazone groups is 1. The zero-order chi connectivity index (χ0) is 15.2. The van der Waals surface area contributed by atoms with Crippen LogP contribution in [0.15, 0.2) is 47.4 Å². The van der Waals surface area contributed by atoms with Crippen molar-refractivity contribution in [1.29, 1.82) is 0 Å². The first-order valence-electron chi connectivity index (χ1n) is 6.77. The van der Waals surface area contributed by atoms with Gasteiger partial charge < -0.3 is 10.5 Å². The summed E-state index contributed by atoms with van der Waals surface area (Å²) < 4.78 is 5.84. The lowest BCUT2D eigenvalue weighted by atomic mass is 10.2. The van der Waals surface area contributed by atoms with Gasteiger partial charge in [0.15, 0.2) is 0 Å². The minimum Gasteiger partial charge on any atom is -0.457 e. The number of rotatable bonds is 4. The van der Waals surface area contributed by atoms with Crippen molar-refractivity contribution >= 4 is 11.9 Å². The first-order chi connectivity index (χ1) is 10.1. The second kappa shape index (κ2) is 6.67. The average molecular weight is 281 g/mol. The summed E-state index contributed by atoms with van der Waals surface area (Å²) in [5.74, 6) is 4.23. The van der Waals surface area contributed by atoms with Gasteiger partial charge in [0.1, 0.15) is 11.5 Å². The molecule has 1 aliphatic heterocycles. The lowest BCUT2D eigenvalue weighted by molar-refractivity contribution is 0.393. The molecule has 4 nitrogen and oxygen atoms in total. The molecule has 0 aromatic heterocycles. The number of hydrogen-bond acceptors (Lipinski definition) is 4. The first kappa shape index (κ1) is 14.7. The predicted octanol–water partition coefficient (Wildman–Crippen LogP) is 2.92. The van der Waals surface area contributed by atoms with Crippen molar-refractivity contribution in [2.24, 2.45) is 11.0 Å². The highest BCUT2D eigenvalue weighted by atomic mass is 16.5. The van der Waals surface area contributed by atoms with Crippen molar-refractivity contribution in [1.82, 2.24) is 5.01 Å². The number of aryl methyl sites for hydroxylation is 1. The molecule has 0 radical (unpaired) electrons. The van der Waals surface area contributed by atoms with Gasteiger partial charge in [-0.1, -0.05) is 5.92 Å². The number of nitrogens with two attached hydrogens (primary N) is 1. The minimum atomic E-state index is 0.0254. The number of ether oxygens (including phenoxy) is 1. The van der Waals surface area contributed by atoms with Gasteiger partial charge in [0.05, 0.1) is 12.5 Å². The van der Waals surface area contributed by atoms with Crippen molar-refractivity contribution in [3.05, 3.63) is 47.9 Å². The molecule has 1 aromatic rings. The van der Waals surface area contributed by atoms with Crippen LogP contribution >= 0.6 is 0 Å². The van der Waals surface area contributed by atoms with Gasteiger partial charge in [0.25, 0.3) is 0 Å². The second-order valence-electron chi connectivity index (χ2n) is 4.89. The zero-order valence-corrected chi connectivity index (χ0v) is 12.3. The fourth-order valence-electron chi connectivity index (χ4n) is 1.78. The molecule has 0 fully saturated rings. The van der Waals surface area contributed by atoms with E-state index in [1.165, 1.54) is 0 Å². The number of terminal acetylenes is 1. The van der Waals surface area contributed by atoms with E-state index in [1.54, 1.807) is 11.2 Å². The van der Waals surface area contributed by atoms with E-state index in [2.05, 4.69) is 11.0 Å². The summed E-state index contributed by atoms with van der Waals surface area (Å²) in [5, 5.41) is 6.09. The van der Waals surface area contributed by atoms with Crippen LogP contribution in [0.1, 0.15) is 12.5 Å². The lowest BCUT2D eigenvalue weighted by Crippen LogP contribution is -2.15. The monoisotopic (exact) mass is 281 g/mol. The predicted molar refractivity (Wildman–Crippen MR) is 86.6 cm³/mol. The molecular formula is C17H19N3O. The molecule has 2 N–H and O–H groups in total. The van der Waals surface area contributed by atoms with Gasteiger partial charge in [0.2, 0.25) is 0 Å². The SMILES string of the molecule is C#CC(C)/C=N\N1C=CC(Oc2ccc(N)cc2C)=CC1. The number of anilines is 1. The summed E-state index contributed by atoms with van der Waals surface area (Å²) in [6.07, 6.45) is 12.7. The number of nitrogens with zero attached hydrogens (tertiary/aromatic N) is 2. The molecule has 1 unspecified atom stereocenters. The summed E-state index contributed by atoms with van der Waals surface area (Å²) in [7, 11) is 0. The molecule has 1 aromatic carbocycles. The quantitative estimate of drug-likeness (QED) is 0.524. The van der Waals surface area contributed by atoms with Gasteiger partial charge in [-0.25, -0.2) is 0 Å². The Morgan fingerprint density at radius 2 is 2.33 bits per heavy atom. The number of allylic oxidation sites excluding steroid dienone is 1. The Morgan fingerprint density at radius 3 is 2.95 bits per heavy atom. The van der Waals surface area contributed by atoms with Gasteiger partial charge in [0, 0.05) is 18.1 Å². The molecule has 2 rings (SSSR count). The molecule has 0 bridgehead atoms. The normalized spacial score (nSPS) is 15.7. The molecule has 108 valence electrons. The van der Waals surface area contributed by atoms with Gasteiger partial charge in [-0.05, 0) is 49.8 Å². The maximum absolute atomic E-state index is 5.84. The van der Waals surface area contributed by atoms with Gasteiger partial charge in [-0.2, -0.15) is 5.10 Å². The largest absolute Gasteiger partial charge is 0.457 e. The Kier molecular flexibility index (Phi) is 4.68. The molecule has 0 saturated carbocycles. The third-order valence-electron chi connectivity index (χ3n) is 3.02. The van der Waals surface area contributed by atoms with E-state index < -0.39 is 0 Å². The van der Waals surface area contributed by atoms with E-state index in [-0.39, 0.29) is 5.92 Å². The molecule has 4 heteroatoms. The van der Waals surface area contributed by atoms with Crippen LogP contribution in [0.3, 0.4) is 0 Å². The van der Waals surface area contributed by atoms with Gasteiger partial charge in [-0.3, -0.25) is 5.01 Å². The van der Waals surface area contributed by atoms with Crippen LogP contribution in [0.5, 0.6) is 5.75 Å². The number of nitrogen functional groups attached to an aromatic ring is 1. The molecule has 1 heterocycles. The third kappa shape index (κ3) is 4.15. The smallest absolute Gasteiger partial charge is 0.130 e. The molecule has 0 saturated heterocycles. The minimum absolute atomic E-state index is 0.0254. The van der Waals surface area contributed by atoms with Crippen molar-refractivity contribution in [2.75, 3.05) is 12.3 Å². The Labute approximate surface area is 125 Å². The summed E-state index contributed by atoms with van der Waals surface area (Å²) in [4.78, 5) is 0. The molecule has 0 spiro atoms. The average Bonchev–Trinajstić information content (AvgIpc) is 2.49. The summed E-state index contributed by atoms with van der Waals surface area (Å²) in [6, 6.07) is 5.59. The topological polar surface area (TPSA) is 50.8 Å². The summed E-state index contributed by atoms with van der Waals surface area (Å²) in [6.45, 7) is 4.54. The Balaban J connectivity index is 1.96. The second-order valence-corrected chi connectivity index (χ2v) is 4.89. The van der Waals surface area contributed by atoms with Crippen molar-refractivity contribution < 1.29 is 4.74 Å². The van der Waals surface area contributed by atoms with E-state index in [0.29, 0.717) is 6.54 Å². The molecule has 1 atom stereocenters. The first-order valence-corrected chi connectivity index (χ1v) is 6.77. The fourth-order valence-corrected chi connectivity index (χ4v) is 1.78. The van der Waals surface area contributed by atoms with E-state index in [4.69, 9.17) is 16.9 Å². The van der Waals surface area contributed by atoms with E-state index in [1.807, 2.05) is 50.4 Å². The van der Waals surface area contributed by atoms with Crippen LogP contribution in [0.2, 0.25) is 0 Å². The highest BCUT2D eigenvalue weighted by Gasteiger charge is 2.07. The fraction of sp³-hybridized carbons (Fsp3) is 0.235. The Bertz CT molecular complexity index is 638. The van der Waals surface area contributed by atoms with Crippen LogP contribution < -0.4 is 10.5 Å². The standard InChI is InChI=1S/C17H19N3O/c1-4-13(2)12-19-20-9-7-16(8-10-20)21-17-6-5-15(18)11-14(17)3/h1,5-9,11-13H,10,18H2,2-3H3/b19-12-. The van der Waals surface area contributed by atoms with Crippen LogP contribution in [0.25, 0.3) is 0 Å². The Hall–Kier alpha value is -2.67. The van der Waals surface area contributed by atoms with Crippen LogP contribution in [0.4, 0.5) is 5.69 Å².